The van der Waals surface area contributed by atoms with Gasteiger partial charge in [0.15, 0.2) is 5.78 Å². The average molecular weight is 738 g/mol. The Morgan fingerprint density at radius 2 is 1.65 bits per heavy atom. The van der Waals surface area contributed by atoms with Crippen LogP contribution >= 0.6 is 23.2 Å². The van der Waals surface area contributed by atoms with Gasteiger partial charge in [0.05, 0.1) is 16.3 Å². The smallest absolute Gasteiger partial charge is 0.475 e. The molecule has 1 saturated carbocycles. The Balaban J connectivity index is 0.000000671. The van der Waals surface area contributed by atoms with Gasteiger partial charge in [0.1, 0.15) is 21.1 Å². The molecule has 4 atom stereocenters. The van der Waals surface area contributed by atoms with E-state index >= 15 is 4.39 Å². The van der Waals surface area contributed by atoms with E-state index in [4.69, 9.17) is 33.1 Å². The van der Waals surface area contributed by atoms with Crippen molar-refractivity contribution < 1.29 is 45.5 Å². The number of carbonyl (C=O) groups is 3. The molecule has 2 heterocycles. The number of halogens is 6. The lowest BCUT2D eigenvalue weighted by molar-refractivity contribution is -0.192. The summed E-state index contributed by atoms with van der Waals surface area (Å²) >= 11 is 12.6. The van der Waals surface area contributed by atoms with Crippen LogP contribution in [0.5, 0.6) is 0 Å². The van der Waals surface area contributed by atoms with Crippen molar-refractivity contribution in [3.05, 3.63) is 63.4 Å². The van der Waals surface area contributed by atoms with Crippen LogP contribution in [0, 0.1) is 17.2 Å². The summed E-state index contributed by atoms with van der Waals surface area (Å²) in [5.41, 5.74) is -0.0460. The lowest BCUT2D eigenvalue weighted by Crippen LogP contribution is -2.49. The molecule has 3 aliphatic rings. The first-order valence-electron chi connectivity index (χ1n) is 15.4. The number of carboxylic acids is 1. The topological polar surface area (TPSA) is 130 Å². The van der Waals surface area contributed by atoms with Gasteiger partial charge in [0.25, 0.3) is 0 Å². The van der Waals surface area contributed by atoms with Gasteiger partial charge in [-0.2, -0.15) is 13.2 Å². The van der Waals surface area contributed by atoms with Crippen molar-refractivity contribution in [1.29, 1.82) is 0 Å². The molecule has 0 unspecified atom stereocenters. The Morgan fingerprint density at radius 1 is 1.04 bits per heavy atom. The number of carbonyl (C=O) groups excluding carboxylic acids is 2. The molecule has 2 aliphatic heterocycles. The Bertz CT molecular complexity index is 1690. The molecule has 0 aromatic heterocycles. The van der Waals surface area contributed by atoms with Crippen LogP contribution in [0.1, 0.15) is 76.3 Å². The van der Waals surface area contributed by atoms with E-state index in [2.05, 4.69) is 31.4 Å². The first-order chi connectivity index (χ1) is 22.1. The number of ketones is 1. The number of nitrogens with one attached hydrogen (secondary N) is 2. The number of Topliss-reactive ketones (excluding diaryl/α,β-unsaturated/α-hetero) is 1. The van der Waals surface area contributed by atoms with E-state index in [1.165, 1.54) is 12.3 Å². The van der Waals surface area contributed by atoms with Crippen molar-refractivity contribution in [3.8, 4) is 0 Å². The van der Waals surface area contributed by atoms with E-state index in [-0.39, 0.29) is 45.3 Å². The van der Waals surface area contributed by atoms with Crippen LogP contribution in [0.25, 0.3) is 0 Å². The molecular formula is C33H38Cl2F4N2O6S. The van der Waals surface area contributed by atoms with Crippen molar-refractivity contribution in [2.45, 2.75) is 94.1 Å². The monoisotopic (exact) mass is 736 g/mol. The lowest BCUT2D eigenvalue weighted by atomic mass is 9.62. The second kappa shape index (κ2) is 13.9. The second-order valence-corrected chi connectivity index (χ2v) is 17.2. The number of hydrogen-bond donors (Lipinski definition) is 3. The predicted molar refractivity (Wildman–Crippen MR) is 175 cm³/mol. The van der Waals surface area contributed by atoms with Gasteiger partial charge < -0.3 is 15.7 Å². The maximum atomic E-state index is 15.9. The highest BCUT2D eigenvalue weighted by Crippen LogP contribution is 2.57. The highest BCUT2D eigenvalue weighted by molar-refractivity contribution is 7.91. The van der Waals surface area contributed by atoms with Crippen LogP contribution < -0.4 is 10.6 Å². The number of fused-ring (bicyclic) bond motifs is 2. The number of anilines is 1. The minimum Gasteiger partial charge on any atom is -0.475 e. The number of carboxylic acid groups (broad SMARTS) is 1. The molecule has 48 heavy (non-hydrogen) atoms. The zero-order valence-corrected chi connectivity index (χ0v) is 29.1. The van der Waals surface area contributed by atoms with Gasteiger partial charge in [0.2, 0.25) is 5.91 Å². The number of aliphatic carboxylic acids is 1. The summed E-state index contributed by atoms with van der Waals surface area (Å²) in [5.74, 6) is -4.65. The van der Waals surface area contributed by atoms with Crippen LogP contribution in [0.15, 0.2) is 36.4 Å². The summed E-state index contributed by atoms with van der Waals surface area (Å²) in [5, 5.41) is 13.7. The number of sulfone groups is 1. The normalized spacial score (nSPS) is 27.2. The van der Waals surface area contributed by atoms with Gasteiger partial charge in [-0.15, -0.1) is 0 Å². The van der Waals surface area contributed by atoms with Crippen LogP contribution in [0.4, 0.5) is 23.2 Å². The largest absolute Gasteiger partial charge is 0.490 e. The van der Waals surface area contributed by atoms with Gasteiger partial charge in [0, 0.05) is 35.3 Å². The zero-order valence-electron chi connectivity index (χ0n) is 26.8. The molecule has 1 spiro atoms. The number of rotatable bonds is 6. The molecule has 1 saturated heterocycles. The summed E-state index contributed by atoms with van der Waals surface area (Å²) in [4.78, 5) is 37.3. The highest BCUT2D eigenvalue weighted by atomic mass is 35.5. The maximum Gasteiger partial charge on any atom is 0.490 e. The molecule has 2 fully saturated rings. The van der Waals surface area contributed by atoms with E-state index in [1.807, 2.05) is 6.07 Å². The third-order valence-corrected chi connectivity index (χ3v) is 11.6. The van der Waals surface area contributed by atoms with Crippen LogP contribution in [-0.4, -0.2) is 60.9 Å². The molecule has 0 bridgehead atoms. The van der Waals surface area contributed by atoms with Crippen LogP contribution in [0.2, 0.25) is 10.0 Å². The van der Waals surface area contributed by atoms with Gasteiger partial charge in [-0.05, 0) is 72.8 Å². The Labute approximate surface area is 286 Å². The molecule has 264 valence electrons. The summed E-state index contributed by atoms with van der Waals surface area (Å²) in [6, 6.07) is 8.61. The van der Waals surface area contributed by atoms with Crippen molar-refractivity contribution in [2.75, 3.05) is 11.6 Å². The van der Waals surface area contributed by atoms with Gasteiger partial charge in [-0.3, -0.25) is 9.59 Å². The molecule has 1 aliphatic carbocycles. The molecule has 1 amide bonds. The van der Waals surface area contributed by atoms with Crippen LogP contribution in [-0.2, 0) is 29.6 Å². The Hall–Kier alpha value is -2.74. The van der Waals surface area contributed by atoms with Gasteiger partial charge >= 0.3 is 12.1 Å². The van der Waals surface area contributed by atoms with Gasteiger partial charge in [-0.1, -0.05) is 62.2 Å². The summed E-state index contributed by atoms with van der Waals surface area (Å²) < 4.78 is 71.7. The zero-order chi connectivity index (χ0) is 36.0. The predicted octanol–water partition coefficient (Wildman–Crippen LogP) is 7.08. The Kier molecular flexibility index (Phi) is 11.0. The number of benzene rings is 2. The summed E-state index contributed by atoms with van der Waals surface area (Å²) in [6.45, 7) is 6.22. The van der Waals surface area contributed by atoms with Crippen LogP contribution in [0.3, 0.4) is 0 Å². The fourth-order valence-corrected chi connectivity index (χ4v) is 8.86. The van der Waals surface area contributed by atoms with E-state index < -0.39 is 51.2 Å². The molecule has 15 heteroatoms. The lowest BCUT2D eigenvalue weighted by Gasteiger charge is -2.38. The third-order valence-electron chi connectivity index (χ3n) is 9.42. The first kappa shape index (κ1) is 38.1. The second-order valence-electron chi connectivity index (χ2n) is 14.0. The minimum absolute atomic E-state index is 0.0215. The third kappa shape index (κ3) is 7.84. The minimum atomic E-state index is -5.08. The van der Waals surface area contributed by atoms with E-state index in [9.17, 15) is 31.2 Å². The van der Waals surface area contributed by atoms with Gasteiger partial charge in [-0.25, -0.2) is 17.6 Å². The molecule has 8 nitrogen and oxygen atoms in total. The SMILES string of the molecule is CC(C)(C)C[C@H]1N[C@@H](C(=O)CC2CCC(S(C)(=O)=O)CC2)[C@H](c2cccc(Cl)c2F)[C@@]12C(=O)Nc1cc(Cl)ccc12.O=C(O)C(F)(F)F. The fraction of sp³-hybridized carbons (Fsp3) is 0.545. The van der Waals surface area contributed by atoms with E-state index in [0.29, 0.717) is 48.4 Å². The summed E-state index contributed by atoms with van der Waals surface area (Å²) in [6.07, 6.45) is -0.745. The van der Waals surface area contributed by atoms with E-state index in [1.54, 1.807) is 24.3 Å². The molecule has 2 aromatic rings. The van der Waals surface area contributed by atoms with Crippen molar-refractivity contribution in [2.24, 2.45) is 11.3 Å². The van der Waals surface area contributed by atoms with Crippen molar-refractivity contribution >= 4 is 56.4 Å². The standard InChI is InChI=1S/C31H37Cl2FN2O4S.C2HF3O2/c1-30(2,3)16-25-31(21-13-10-18(32)15-23(21)35-29(31)38)26(20-6-5-7-22(33)27(20)34)28(36-25)24(37)14-17-8-11-19(12-9-17)41(4,39)40;3-2(4,5)1(6)7/h5-7,10,13,15,17,19,25-26,28,36H,8-9,11-12,14,16H2,1-4H3,(H,35,38);(H,6,7)/t17?,19?,25-,26+,28+,31+;/m1./s1. The number of amides is 1. The fourth-order valence-electron chi connectivity index (χ4n) is 7.38. The number of alkyl halides is 3. The molecule has 2 aromatic carbocycles. The van der Waals surface area contributed by atoms with Crippen molar-refractivity contribution in [1.82, 2.24) is 5.32 Å². The van der Waals surface area contributed by atoms with Crippen molar-refractivity contribution in [3.63, 3.8) is 0 Å². The molecule has 0 radical (unpaired) electrons. The maximum absolute atomic E-state index is 15.9. The summed E-state index contributed by atoms with van der Waals surface area (Å²) in [7, 11) is -3.13. The molecule has 3 N–H and O–H groups in total. The Morgan fingerprint density at radius 3 is 2.19 bits per heavy atom. The van der Waals surface area contributed by atoms with E-state index in [0.717, 1.165) is 0 Å². The molecular weight excluding hydrogens is 699 g/mol. The first-order valence-corrected chi connectivity index (χ1v) is 18.1. The quantitative estimate of drug-likeness (QED) is 0.271. The highest BCUT2D eigenvalue weighted by Gasteiger charge is 2.66. The average Bonchev–Trinajstić information content (AvgIpc) is 3.43. The molecule has 5 rings (SSSR count). The number of hydrogen-bond acceptors (Lipinski definition) is 6.